The lowest BCUT2D eigenvalue weighted by Gasteiger charge is -2.44. The van der Waals surface area contributed by atoms with Crippen molar-refractivity contribution in [3.05, 3.63) is 46.2 Å². The van der Waals surface area contributed by atoms with E-state index < -0.39 is 0 Å². The molecule has 3 fully saturated rings. The van der Waals surface area contributed by atoms with Gasteiger partial charge in [0.05, 0.1) is 4.88 Å². The van der Waals surface area contributed by atoms with E-state index in [4.69, 9.17) is 0 Å². The summed E-state index contributed by atoms with van der Waals surface area (Å²) in [4.78, 5) is 16.3. The molecule has 122 valence electrons. The molecular weight excluding hydrogens is 318 g/mol. The number of rotatable bonds is 3. The largest absolute Gasteiger partial charge is 0.347 e. The summed E-state index contributed by atoms with van der Waals surface area (Å²) < 4.78 is 0. The van der Waals surface area contributed by atoms with Gasteiger partial charge in [-0.1, -0.05) is 30.3 Å². The van der Waals surface area contributed by atoms with Crippen LogP contribution in [0.1, 0.15) is 27.4 Å². The molecule has 3 saturated heterocycles. The van der Waals surface area contributed by atoms with Crippen LogP contribution in [0, 0.1) is 17.2 Å². The predicted molar refractivity (Wildman–Crippen MR) is 94.9 cm³/mol. The maximum absolute atomic E-state index is 12.7. The van der Waals surface area contributed by atoms with Gasteiger partial charge in [-0.15, -0.1) is 11.3 Å². The lowest BCUT2D eigenvalue weighted by molar-refractivity contribution is 0.0622. The summed E-state index contributed by atoms with van der Waals surface area (Å²) in [5, 5.41) is 12.6. The van der Waals surface area contributed by atoms with E-state index in [9.17, 15) is 10.1 Å². The van der Waals surface area contributed by atoms with Crippen molar-refractivity contribution < 1.29 is 4.79 Å². The maximum Gasteiger partial charge on any atom is 0.261 e. The van der Waals surface area contributed by atoms with Crippen molar-refractivity contribution >= 4 is 17.2 Å². The molecule has 1 aromatic carbocycles. The number of piperidine rings is 3. The quantitative estimate of drug-likeness (QED) is 0.936. The van der Waals surface area contributed by atoms with Crippen LogP contribution < -0.4 is 5.32 Å². The second-order valence-electron chi connectivity index (χ2n) is 6.55. The van der Waals surface area contributed by atoms with Gasteiger partial charge < -0.3 is 10.2 Å². The molecule has 1 N–H and O–H groups in total. The van der Waals surface area contributed by atoms with Crippen molar-refractivity contribution in [2.24, 2.45) is 5.92 Å². The van der Waals surface area contributed by atoms with Crippen LogP contribution >= 0.6 is 11.3 Å². The summed E-state index contributed by atoms with van der Waals surface area (Å²) in [5.74, 6) is 0.556. The predicted octanol–water partition coefficient (Wildman–Crippen LogP) is 3.11. The standard InChI is InChI=1S/C19H19N3OS/c20-11-18-15(13-4-2-1-3-5-13)10-17(24-18)19(23)21-16-12-22-8-6-14(16)7-9-22/h1-5,10,14,16H,6-9,12H2,(H,21,23). The fourth-order valence-electron chi connectivity index (χ4n) is 3.79. The van der Waals surface area contributed by atoms with Crippen molar-refractivity contribution in [1.82, 2.24) is 10.2 Å². The number of fused-ring (bicyclic) bond motifs is 3. The number of nitriles is 1. The smallest absolute Gasteiger partial charge is 0.261 e. The zero-order chi connectivity index (χ0) is 16.5. The van der Waals surface area contributed by atoms with Crippen LogP contribution in [0.25, 0.3) is 11.1 Å². The Balaban J connectivity index is 1.55. The van der Waals surface area contributed by atoms with Gasteiger partial charge in [0.2, 0.25) is 0 Å². The van der Waals surface area contributed by atoms with Gasteiger partial charge >= 0.3 is 0 Å². The van der Waals surface area contributed by atoms with E-state index in [1.807, 2.05) is 36.4 Å². The van der Waals surface area contributed by atoms with E-state index in [1.54, 1.807) is 0 Å². The van der Waals surface area contributed by atoms with Gasteiger partial charge in [0.25, 0.3) is 5.91 Å². The molecule has 3 aliphatic heterocycles. The molecule has 0 radical (unpaired) electrons. The molecule has 4 heterocycles. The van der Waals surface area contributed by atoms with Crippen molar-refractivity contribution in [3.63, 3.8) is 0 Å². The number of carbonyl (C=O) groups excluding carboxylic acids is 1. The van der Waals surface area contributed by atoms with Gasteiger partial charge in [0.15, 0.2) is 0 Å². The SMILES string of the molecule is N#Cc1sc(C(=O)NC2CN3CCC2CC3)cc1-c1ccccc1. The minimum atomic E-state index is -0.0440. The zero-order valence-electron chi connectivity index (χ0n) is 13.4. The summed E-state index contributed by atoms with van der Waals surface area (Å²) in [7, 11) is 0. The van der Waals surface area contributed by atoms with Crippen LogP contribution in [0.2, 0.25) is 0 Å². The monoisotopic (exact) mass is 337 g/mol. The fraction of sp³-hybridized carbons (Fsp3) is 0.368. The Morgan fingerprint density at radius 2 is 2.00 bits per heavy atom. The lowest BCUT2D eigenvalue weighted by atomic mass is 9.84. The molecule has 0 spiro atoms. The van der Waals surface area contributed by atoms with E-state index in [0.717, 1.165) is 30.8 Å². The Morgan fingerprint density at radius 3 is 2.62 bits per heavy atom. The van der Waals surface area contributed by atoms with Gasteiger partial charge in [0.1, 0.15) is 10.9 Å². The number of hydrogen-bond donors (Lipinski definition) is 1. The van der Waals surface area contributed by atoms with Crippen molar-refractivity contribution in [1.29, 1.82) is 5.26 Å². The Bertz CT molecular complexity index is 785. The van der Waals surface area contributed by atoms with Crippen molar-refractivity contribution in [2.45, 2.75) is 18.9 Å². The number of nitrogens with zero attached hydrogens (tertiary/aromatic N) is 2. The Kier molecular flexibility index (Phi) is 4.09. The van der Waals surface area contributed by atoms with Crippen molar-refractivity contribution in [2.75, 3.05) is 19.6 Å². The average molecular weight is 337 g/mol. The Labute approximate surface area is 145 Å². The molecule has 5 rings (SSSR count). The first-order valence-electron chi connectivity index (χ1n) is 8.37. The second-order valence-corrected chi connectivity index (χ2v) is 7.60. The second kappa shape index (κ2) is 6.39. The van der Waals surface area contributed by atoms with E-state index in [1.165, 1.54) is 24.2 Å². The highest BCUT2D eigenvalue weighted by Crippen LogP contribution is 2.32. The average Bonchev–Trinajstić information content (AvgIpc) is 3.08. The first-order chi connectivity index (χ1) is 11.7. The summed E-state index contributed by atoms with van der Waals surface area (Å²) in [5.41, 5.74) is 1.83. The third-order valence-electron chi connectivity index (χ3n) is 5.11. The molecular formula is C19H19N3OS. The number of benzene rings is 1. The molecule has 2 aromatic rings. The normalized spacial score (nSPS) is 25.2. The molecule has 2 bridgehead atoms. The topological polar surface area (TPSA) is 56.1 Å². The fourth-order valence-corrected chi connectivity index (χ4v) is 4.67. The molecule has 1 amide bonds. The van der Waals surface area contributed by atoms with Gasteiger partial charge in [-0.2, -0.15) is 5.26 Å². The number of amides is 1. The highest BCUT2D eigenvalue weighted by atomic mass is 32.1. The van der Waals surface area contributed by atoms with Crippen LogP contribution in [0.15, 0.2) is 36.4 Å². The van der Waals surface area contributed by atoms with Crippen LogP contribution in [-0.4, -0.2) is 36.5 Å². The number of carbonyl (C=O) groups is 1. The lowest BCUT2D eigenvalue weighted by Crippen LogP contribution is -2.57. The van der Waals surface area contributed by atoms with Gasteiger partial charge in [0, 0.05) is 18.2 Å². The van der Waals surface area contributed by atoms with E-state index in [-0.39, 0.29) is 11.9 Å². The zero-order valence-corrected chi connectivity index (χ0v) is 14.2. The molecule has 0 aliphatic carbocycles. The van der Waals surface area contributed by atoms with Gasteiger partial charge in [-0.25, -0.2) is 0 Å². The molecule has 1 aromatic heterocycles. The van der Waals surface area contributed by atoms with Crippen molar-refractivity contribution in [3.8, 4) is 17.2 Å². The highest BCUT2D eigenvalue weighted by molar-refractivity contribution is 7.15. The van der Waals surface area contributed by atoms with Crippen LogP contribution in [0.3, 0.4) is 0 Å². The van der Waals surface area contributed by atoms with E-state index in [0.29, 0.717) is 15.7 Å². The summed E-state index contributed by atoms with van der Waals surface area (Å²) >= 11 is 1.28. The Morgan fingerprint density at radius 1 is 1.25 bits per heavy atom. The van der Waals surface area contributed by atoms with Gasteiger partial charge in [-0.3, -0.25) is 4.79 Å². The molecule has 5 heteroatoms. The molecule has 3 aliphatic rings. The number of thiophene rings is 1. The minimum absolute atomic E-state index is 0.0440. The van der Waals surface area contributed by atoms with Gasteiger partial charge in [-0.05, 0) is 43.5 Å². The molecule has 0 saturated carbocycles. The number of nitrogens with one attached hydrogen (secondary N) is 1. The van der Waals surface area contributed by atoms with E-state index >= 15 is 0 Å². The third kappa shape index (κ3) is 2.83. The first kappa shape index (κ1) is 15.4. The van der Waals surface area contributed by atoms with Crippen LogP contribution in [0.5, 0.6) is 0 Å². The molecule has 1 atom stereocenters. The Hall–Kier alpha value is -2.16. The first-order valence-corrected chi connectivity index (χ1v) is 9.19. The van der Waals surface area contributed by atoms with E-state index in [2.05, 4.69) is 16.3 Å². The minimum Gasteiger partial charge on any atom is -0.347 e. The molecule has 24 heavy (non-hydrogen) atoms. The molecule has 1 unspecified atom stereocenters. The third-order valence-corrected chi connectivity index (χ3v) is 6.15. The van der Waals surface area contributed by atoms with Crippen LogP contribution in [-0.2, 0) is 0 Å². The molecule has 4 nitrogen and oxygen atoms in total. The summed E-state index contributed by atoms with van der Waals surface area (Å²) in [6.07, 6.45) is 2.35. The summed E-state index contributed by atoms with van der Waals surface area (Å²) in [6, 6.07) is 14.1. The highest BCUT2D eigenvalue weighted by Gasteiger charge is 2.35. The van der Waals surface area contributed by atoms with Crippen LogP contribution in [0.4, 0.5) is 0 Å². The maximum atomic E-state index is 12.7. The number of hydrogen-bond acceptors (Lipinski definition) is 4. The summed E-state index contributed by atoms with van der Waals surface area (Å²) in [6.45, 7) is 3.28.